The van der Waals surface area contributed by atoms with Crippen molar-refractivity contribution >= 4 is 25.6 Å². The molecule has 1 saturated heterocycles. The summed E-state index contributed by atoms with van der Waals surface area (Å²) in [5, 5.41) is 0. The summed E-state index contributed by atoms with van der Waals surface area (Å²) in [5.41, 5.74) is 2.75. The molecule has 42 heavy (non-hydrogen) atoms. The summed E-state index contributed by atoms with van der Waals surface area (Å²) in [4.78, 5) is 18.0. The van der Waals surface area contributed by atoms with Gasteiger partial charge in [-0.1, -0.05) is 36.4 Å². The molecule has 7 nitrogen and oxygen atoms in total. The van der Waals surface area contributed by atoms with Crippen molar-refractivity contribution in [2.24, 2.45) is 0 Å². The molecule has 0 bridgehead atoms. The zero-order chi connectivity index (χ0) is 30.5. The average molecular weight is 615 g/mol. The van der Waals surface area contributed by atoms with Crippen molar-refractivity contribution in [3.63, 3.8) is 0 Å². The molecular weight excluding hydrogens is 575 g/mol. The molecule has 1 fully saturated rings. The van der Waals surface area contributed by atoms with Crippen molar-refractivity contribution < 1.29 is 26.0 Å². The van der Waals surface area contributed by atoms with Crippen molar-refractivity contribution in [1.29, 1.82) is 0 Å². The van der Waals surface area contributed by atoms with Crippen LogP contribution in [0.2, 0.25) is 0 Å². The van der Waals surface area contributed by atoms with E-state index in [-0.39, 0.29) is 39.9 Å². The number of benzene rings is 3. The normalized spacial score (nSPS) is 15.8. The molecule has 226 valence electrons. The molecule has 1 heterocycles. The molecule has 0 radical (unpaired) electrons. The number of sulfone groups is 2. The van der Waals surface area contributed by atoms with Crippen LogP contribution in [0.25, 0.3) is 0 Å². The van der Waals surface area contributed by atoms with Gasteiger partial charge in [0.2, 0.25) is 5.91 Å². The smallest absolute Gasteiger partial charge is 0.227 e. The Morgan fingerprint density at radius 2 is 1.31 bits per heavy atom. The van der Waals surface area contributed by atoms with Gasteiger partial charge in [-0.2, -0.15) is 0 Å². The van der Waals surface area contributed by atoms with E-state index in [1.807, 2.05) is 24.0 Å². The Morgan fingerprint density at radius 3 is 1.79 bits per heavy atom. The fraction of sp³-hybridized carbons (Fsp3) is 0.406. The van der Waals surface area contributed by atoms with Crippen molar-refractivity contribution in [3.05, 3.63) is 95.3 Å². The van der Waals surface area contributed by atoms with Crippen LogP contribution in [0.1, 0.15) is 48.8 Å². The highest BCUT2D eigenvalue weighted by molar-refractivity contribution is 7.91. The van der Waals surface area contributed by atoms with E-state index in [2.05, 4.69) is 4.90 Å². The summed E-state index contributed by atoms with van der Waals surface area (Å²) in [6.45, 7) is 5.11. The molecule has 1 aliphatic heterocycles. The van der Waals surface area contributed by atoms with Crippen LogP contribution in [-0.4, -0.2) is 77.3 Å². The maximum atomic E-state index is 13.7. The molecule has 0 aliphatic carbocycles. The number of likely N-dealkylation sites (N-methyl/N-ethyl adjacent to an activating group) is 1. The van der Waals surface area contributed by atoms with Crippen molar-refractivity contribution in [3.8, 4) is 0 Å². The largest absolute Gasteiger partial charge is 0.340 e. The minimum Gasteiger partial charge on any atom is -0.340 e. The topological polar surface area (TPSA) is 91.8 Å². The van der Waals surface area contributed by atoms with E-state index in [0.717, 1.165) is 55.6 Å². The second kappa shape index (κ2) is 13.5. The minimum atomic E-state index is -3.30. The third-order valence-electron chi connectivity index (χ3n) is 8.08. The van der Waals surface area contributed by atoms with E-state index in [1.54, 1.807) is 48.5 Å². The van der Waals surface area contributed by atoms with Crippen LogP contribution in [0, 0.1) is 5.82 Å². The van der Waals surface area contributed by atoms with E-state index >= 15 is 0 Å². The predicted octanol–water partition coefficient (Wildman–Crippen LogP) is 4.71. The molecule has 1 aliphatic rings. The minimum absolute atomic E-state index is 0.0141. The van der Waals surface area contributed by atoms with Crippen LogP contribution in [-0.2, 0) is 30.9 Å². The number of rotatable bonds is 11. The van der Waals surface area contributed by atoms with Gasteiger partial charge in [0.05, 0.1) is 16.2 Å². The number of hydrogen-bond donors (Lipinski definition) is 0. The first kappa shape index (κ1) is 31.8. The van der Waals surface area contributed by atoms with Gasteiger partial charge in [0.15, 0.2) is 19.7 Å². The van der Waals surface area contributed by atoms with Crippen LogP contribution in [0.5, 0.6) is 0 Å². The molecule has 0 unspecified atom stereocenters. The summed E-state index contributed by atoms with van der Waals surface area (Å²) in [6.07, 6.45) is 5.09. The molecular formula is C32H39FN2O5S2. The fourth-order valence-corrected chi connectivity index (χ4v) is 6.96. The lowest BCUT2D eigenvalue weighted by Crippen LogP contribution is -2.48. The molecule has 3 aromatic carbocycles. The van der Waals surface area contributed by atoms with Gasteiger partial charge >= 0.3 is 0 Å². The Morgan fingerprint density at radius 1 is 0.833 bits per heavy atom. The lowest BCUT2D eigenvalue weighted by Gasteiger charge is -2.38. The van der Waals surface area contributed by atoms with Crippen LogP contribution in [0.15, 0.2) is 82.6 Å². The molecule has 10 heteroatoms. The predicted molar refractivity (Wildman–Crippen MR) is 163 cm³/mol. The van der Waals surface area contributed by atoms with E-state index in [4.69, 9.17) is 0 Å². The second-order valence-electron chi connectivity index (χ2n) is 11.1. The number of likely N-dealkylation sites (tertiary alicyclic amines) is 1. The third-order valence-corrected chi connectivity index (χ3v) is 10.3. The van der Waals surface area contributed by atoms with Crippen molar-refractivity contribution in [2.75, 3.05) is 38.7 Å². The fourth-order valence-electron chi connectivity index (χ4n) is 5.70. The quantitative estimate of drug-likeness (QED) is 0.311. The highest BCUT2D eigenvalue weighted by Crippen LogP contribution is 2.30. The van der Waals surface area contributed by atoms with Gasteiger partial charge in [0.25, 0.3) is 0 Å². The average Bonchev–Trinajstić information content (AvgIpc) is 2.95. The Bertz CT molecular complexity index is 1570. The summed E-state index contributed by atoms with van der Waals surface area (Å²) in [6, 6.07) is 20.1. The second-order valence-corrected chi connectivity index (χ2v) is 15.1. The molecule has 0 aromatic heterocycles. The molecule has 0 saturated carbocycles. The molecule has 0 spiro atoms. The van der Waals surface area contributed by atoms with Crippen molar-refractivity contribution in [2.45, 2.75) is 54.4 Å². The Hall–Kier alpha value is -3.08. The van der Waals surface area contributed by atoms with Gasteiger partial charge in [-0.3, -0.25) is 4.79 Å². The van der Waals surface area contributed by atoms with Gasteiger partial charge in [-0.15, -0.1) is 0 Å². The molecule has 1 amide bonds. The number of nitrogens with zero attached hydrogens (tertiary/aromatic N) is 2. The van der Waals surface area contributed by atoms with E-state index in [1.165, 1.54) is 24.6 Å². The Labute approximate surface area is 249 Å². The lowest BCUT2D eigenvalue weighted by molar-refractivity contribution is -0.133. The maximum absolute atomic E-state index is 13.7. The summed E-state index contributed by atoms with van der Waals surface area (Å²) < 4.78 is 61.0. The van der Waals surface area contributed by atoms with Crippen LogP contribution < -0.4 is 0 Å². The summed E-state index contributed by atoms with van der Waals surface area (Å²) in [5.74, 6) is -0.273. The first-order chi connectivity index (χ1) is 19.8. The van der Waals surface area contributed by atoms with E-state index < -0.39 is 19.7 Å². The summed E-state index contributed by atoms with van der Waals surface area (Å²) >= 11 is 0. The highest BCUT2D eigenvalue weighted by atomic mass is 32.2. The van der Waals surface area contributed by atoms with Crippen LogP contribution >= 0.6 is 0 Å². The van der Waals surface area contributed by atoms with Gasteiger partial charge in [-0.25, -0.2) is 21.2 Å². The first-order valence-electron chi connectivity index (χ1n) is 14.2. The number of carbonyl (C=O) groups is 1. The van der Waals surface area contributed by atoms with Crippen LogP contribution in [0.3, 0.4) is 0 Å². The summed E-state index contributed by atoms with van der Waals surface area (Å²) in [7, 11) is -6.58. The molecule has 0 N–H and O–H groups in total. The zero-order valence-electron chi connectivity index (χ0n) is 24.4. The molecule has 3 aromatic rings. The Balaban J connectivity index is 1.36. The van der Waals surface area contributed by atoms with Crippen molar-refractivity contribution in [1.82, 2.24) is 9.80 Å². The molecule has 1 atom stereocenters. The lowest BCUT2D eigenvalue weighted by atomic mass is 9.88. The number of hydrogen-bond acceptors (Lipinski definition) is 6. The van der Waals surface area contributed by atoms with Gasteiger partial charge in [-0.05, 0) is 85.8 Å². The maximum Gasteiger partial charge on any atom is 0.227 e. The van der Waals surface area contributed by atoms with Gasteiger partial charge in [0.1, 0.15) is 5.82 Å². The SMILES string of the molecule is CCN(C(=O)Cc1ccc(S(C)(=O)=O)cc1)C1CCN(CC[C@@H](c2ccc(F)cc2)c2ccc(S(C)(=O)=O)cc2)CC1. The number of carbonyl (C=O) groups excluding carboxylic acids is 1. The van der Waals surface area contributed by atoms with E-state index in [0.29, 0.717) is 6.54 Å². The van der Waals surface area contributed by atoms with E-state index in [9.17, 15) is 26.0 Å². The van der Waals surface area contributed by atoms with Gasteiger partial charge in [0, 0.05) is 44.1 Å². The van der Waals surface area contributed by atoms with Crippen LogP contribution in [0.4, 0.5) is 4.39 Å². The highest BCUT2D eigenvalue weighted by Gasteiger charge is 2.28. The zero-order valence-corrected chi connectivity index (χ0v) is 26.0. The number of amides is 1. The first-order valence-corrected chi connectivity index (χ1v) is 18.0. The molecule has 4 rings (SSSR count). The monoisotopic (exact) mass is 614 g/mol. The van der Waals surface area contributed by atoms with Gasteiger partial charge < -0.3 is 9.80 Å². The standard InChI is InChI=1S/C32H39FN2O5S2/c1-4-35(32(36)23-24-5-13-29(14-6-24)41(2,37)38)28-17-20-34(21-18-28)22-19-31(25-7-11-27(33)12-8-25)26-9-15-30(16-10-26)42(3,39)40/h5-16,28,31H,4,17-23H2,1-3H3/t31-/m0/s1. The number of piperidine rings is 1. The Kier molecular flexibility index (Phi) is 10.2. The number of halogens is 1. The third kappa shape index (κ3) is 8.26.